The van der Waals surface area contributed by atoms with Gasteiger partial charge in [-0.3, -0.25) is 0 Å². The molecule has 0 amide bonds. The molecule has 0 saturated heterocycles. The quantitative estimate of drug-likeness (QED) is 0.625. The normalized spacial score (nSPS) is 10.8. The van der Waals surface area contributed by atoms with E-state index in [0.29, 0.717) is 0 Å². The Morgan fingerprint density at radius 2 is 1.29 bits per heavy atom. The summed E-state index contributed by atoms with van der Waals surface area (Å²) in [4.78, 5) is 0. The lowest BCUT2D eigenvalue weighted by Gasteiger charge is -2.15. The van der Waals surface area contributed by atoms with Crippen molar-refractivity contribution in [2.45, 2.75) is 65.7 Å². The predicted molar refractivity (Wildman–Crippen MR) is 77.5 cm³/mol. The van der Waals surface area contributed by atoms with Crippen molar-refractivity contribution in [1.82, 2.24) is 0 Å². The Kier molecular flexibility index (Phi) is 6.32. The Labute approximate surface area is 107 Å². The lowest BCUT2D eigenvalue weighted by molar-refractivity contribution is 0.850. The first-order valence-electron chi connectivity index (χ1n) is 7.19. The molecule has 1 radical (unpaired) electrons. The Morgan fingerprint density at radius 3 is 1.65 bits per heavy atom. The average Bonchev–Trinajstić information content (AvgIpc) is 2.30. The van der Waals surface area contributed by atoms with Crippen LogP contribution in [0.25, 0.3) is 0 Å². The zero-order valence-electron chi connectivity index (χ0n) is 11.8. The van der Waals surface area contributed by atoms with E-state index >= 15 is 0 Å². The summed E-state index contributed by atoms with van der Waals surface area (Å²) in [7, 11) is 0. The molecule has 0 spiro atoms. The van der Waals surface area contributed by atoms with Gasteiger partial charge in [0.2, 0.25) is 0 Å². The molecular weight excluding hydrogens is 204 g/mol. The molecule has 0 aliphatic carbocycles. The van der Waals surface area contributed by atoms with Crippen LogP contribution in [0.4, 0.5) is 0 Å². The van der Waals surface area contributed by atoms with Gasteiger partial charge in [0.1, 0.15) is 0 Å². The maximum atomic E-state index is 4.12. The van der Waals surface area contributed by atoms with Gasteiger partial charge in [-0.25, -0.2) is 0 Å². The highest BCUT2D eigenvalue weighted by Gasteiger charge is 2.08. The van der Waals surface area contributed by atoms with Crippen LogP contribution in [0.5, 0.6) is 0 Å². The van der Waals surface area contributed by atoms with Crippen molar-refractivity contribution in [1.29, 1.82) is 0 Å². The van der Waals surface area contributed by atoms with E-state index in [1.807, 2.05) is 0 Å². The summed E-state index contributed by atoms with van der Waals surface area (Å²) in [6.07, 6.45) is 8.27. The summed E-state index contributed by atoms with van der Waals surface area (Å²) >= 11 is 0. The summed E-state index contributed by atoms with van der Waals surface area (Å²) in [5.41, 5.74) is 6.15. The molecule has 17 heavy (non-hydrogen) atoms. The summed E-state index contributed by atoms with van der Waals surface area (Å²) in [5.74, 6) is 0. The molecule has 0 saturated carbocycles. The van der Waals surface area contributed by atoms with Crippen LogP contribution in [0.3, 0.4) is 0 Å². The monoisotopic (exact) mass is 231 g/mol. The molecule has 0 aliphatic rings. The van der Waals surface area contributed by atoms with E-state index in [0.717, 1.165) is 6.42 Å². The highest BCUT2D eigenvalue weighted by atomic mass is 14.1. The molecule has 0 aliphatic heterocycles. The van der Waals surface area contributed by atoms with Crippen LogP contribution < -0.4 is 0 Å². The molecule has 1 rings (SSSR count). The van der Waals surface area contributed by atoms with Gasteiger partial charge >= 0.3 is 0 Å². The second-order valence-corrected chi connectivity index (χ2v) is 4.89. The number of hydrogen-bond acceptors (Lipinski definition) is 0. The van der Waals surface area contributed by atoms with Crippen molar-refractivity contribution < 1.29 is 0 Å². The summed E-state index contributed by atoms with van der Waals surface area (Å²) < 4.78 is 0. The van der Waals surface area contributed by atoms with E-state index in [2.05, 4.69) is 39.8 Å². The minimum absolute atomic E-state index is 0.942. The van der Waals surface area contributed by atoms with Crippen LogP contribution >= 0.6 is 0 Å². The molecular formula is C17H27. The first-order valence-corrected chi connectivity index (χ1v) is 7.19. The number of benzene rings is 1. The molecule has 0 heterocycles. The zero-order valence-corrected chi connectivity index (χ0v) is 11.8. The van der Waals surface area contributed by atoms with Gasteiger partial charge in [-0.05, 0) is 54.9 Å². The fourth-order valence-corrected chi connectivity index (χ4v) is 2.61. The van der Waals surface area contributed by atoms with Gasteiger partial charge in [-0.2, -0.15) is 0 Å². The molecule has 0 aromatic heterocycles. The first kappa shape index (κ1) is 14.3. The van der Waals surface area contributed by atoms with Gasteiger partial charge in [0.05, 0.1) is 0 Å². The first-order chi connectivity index (χ1) is 8.26. The molecule has 0 nitrogen and oxygen atoms in total. The van der Waals surface area contributed by atoms with Crippen LogP contribution in [0.2, 0.25) is 0 Å². The third-order valence-electron chi connectivity index (χ3n) is 3.32. The Balaban J connectivity index is 3.14. The zero-order chi connectivity index (χ0) is 12.7. The summed E-state index contributed by atoms with van der Waals surface area (Å²) in [5, 5.41) is 0. The maximum absolute atomic E-state index is 4.12. The van der Waals surface area contributed by atoms with E-state index in [9.17, 15) is 0 Å². The van der Waals surface area contributed by atoms with Crippen molar-refractivity contribution in [3.63, 3.8) is 0 Å². The molecule has 1 aromatic carbocycles. The van der Waals surface area contributed by atoms with E-state index in [1.165, 1.54) is 49.7 Å². The highest BCUT2D eigenvalue weighted by molar-refractivity contribution is 5.40. The van der Waals surface area contributed by atoms with Crippen molar-refractivity contribution in [3.05, 3.63) is 41.3 Å². The largest absolute Gasteiger partial charge is 0.0651 e. The molecule has 0 bridgehead atoms. The van der Waals surface area contributed by atoms with Crippen LogP contribution in [-0.4, -0.2) is 0 Å². The number of aryl methyl sites for hydroxylation is 3. The highest BCUT2D eigenvalue weighted by Crippen LogP contribution is 2.22. The van der Waals surface area contributed by atoms with Crippen molar-refractivity contribution >= 4 is 0 Å². The van der Waals surface area contributed by atoms with E-state index in [4.69, 9.17) is 0 Å². The summed E-state index contributed by atoms with van der Waals surface area (Å²) in [6, 6.07) is 4.85. The van der Waals surface area contributed by atoms with Gasteiger partial charge in [0, 0.05) is 0 Å². The lowest BCUT2D eigenvalue weighted by Crippen LogP contribution is -2.02. The molecule has 1 aromatic rings. The molecule has 0 heteroatoms. The van der Waals surface area contributed by atoms with Gasteiger partial charge in [-0.1, -0.05) is 52.2 Å². The Bertz CT molecular complexity index is 309. The average molecular weight is 231 g/mol. The predicted octanol–water partition coefficient (Wildman–Crippen LogP) is 4.92. The van der Waals surface area contributed by atoms with Crippen LogP contribution in [0.1, 0.15) is 62.3 Å². The van der Waals surface area contributed by atoms with Gasteiger partial charge in [-0.15, -0.1) is 0 Å². The Hall–Kier alpha value is -0.780. The van der Waals surface area contributed by atoms with Crippen LogP contribution in [-0.2, 0) is 25.7 Å². The SMILES string of the molecule is [CH2]Cc1c(CCC)cc(CCC)cc1CCC. The molecule has 95 valence electrons. The summed E-state index contributed by atoms with van der Waals surface area (Å²) in [6.45, 7) is 10.9. The number of hydrogen-bond donors (Lipinski definition) is 0. The third kappa shape index (κ3) is 3.87. The second kappa shape index (κ2) is 7.53. The third-order valence-corrected chi connectivity index (χ3v) is 3.32. The van der Waals surface area contributed by atoms with Gasteiger partial charge in [0.25, 0.3) is 0 Å². The van der Waals surface area contributed by atoms with Crippen LogP contribution in [0, 0.1) is 6.92 Å². The minimum atomic E-state index is 0.942. The number of rotatable bonds is 7. The Morgan fingerprint density at radius 1 is 0.824 bits per heavy atom. The molecule has 0 atom stereocenters. The topological polar surface area (TPSA) is 0 Å². The van der Waals surface area contributed by atoms with Gasteiger partial charge < -0.3 is 0 Å². The van der Waals surface area contributed by atoms with Gasteiger partial charge in [0.15, 0.2) is 0 Å². The van der Waals surface area contributed by atoms with Crippen molar-refractivity contribution in [3.8, 4) is 0 Å². The second-order valence-electron chi connectivity index (χ2n) is 4.89. The maximum Gasteiger partial charge on any atom is -0.0273 e. The van der Waals surface area contributed by atoms with E-state index in [-0.39, 0.29) is 0 Å². The minimum Gasteiger partial charge on any atom is -0.0651 e. The molecule has 0 unspecified atom stereocenters. The van der Waals surface area contributed by atoms with Crippen molar-refractivity contribution in [2.24, 2.45) is 0 Å². The fourth-order valence-electron chi connectivity index (χ4n) is 2.61. The standard InChI is InChI=1S/C17H27/c1-5-9-14-12-15(10-6-2)17(8-4)16(13-14)11-7-3/h12-13H,4-11H2,1-3H3. The van der Waals surface area contributed by atoms with Crippen molar-refractivity contribution in [2.75, 3.05) is 0 Å². The molecule has 0 fully saturated rings. The van der Waals surface area contributed by atoms with Crippen LogP contribution in [0.15, 0.2) is 12.1 Å². The molecule has 0 N–H and O–H groups in total. The fraction of sp³-hybridized carbons (Fsp3) is 0.588. The van der Waals surface area contributed by atoms with E-state index < -0.39 is 0 Å². The van der Waals surface area contributed by atoms with E-state index in [1.54, 1.807) is 11.1 Å². The smallest absolute Gasteiger partial charge is 0.0273 e. The lowest BCUT2D eigenvalue weighted by atomic mass is 9.90.